The lowest BCUT2D eigenvalue weighted by Gasteiger charge is -2.61. The molecule has 0 radical (unpaired) electrons. The molecule has 38 atom stereocenters. The standard InChI is InChI=1S/C111H186N6O22S4/c1-68(84-32-36-88-80-28-24-72-64-76(136-140(124,125)126)44-52-104(72,5)92(80)48-56-108(84,88)9)20-40-98(118)112-62-16-18-96(116-100(120)42-22-70(3)86-34-38-90-82-30-26-74-66-78(138-142(130,131)132)46-54-106(74,7)94(82)50-58-110(86,90)11)102(122)114-60-14-13-15-61-115-103(123)97(117-101(121)43-23-71(4)87-35-39-91-83-31-27-75-67-79(139-143(133,134)135)47-55-107(75,8)95(83)51-59-111(87,91)12)19-17-63-113-99(119)41-21-69(2)85-33-37-89-81-29-25-73-65-77(137-141(127,128)129)45-53-105(73,6)93(81)49-57-109(85,89)10/h68-97H,13-67H2,1-12H3,(H,112,118)(H,113,119)(H,114,122)(H,115,123)(H,116,120)(H,117,121)(H,124,125,126)(H,127,128,129)(H,130,131,132)(H,133,134,135)/t68-,69-,70-,71-,72-,73-,74-,75-,76-,77-,78-,79-,80?,81?,82?,83?,84-,85-,86-,87-,88?,89?,90?,91?,92?,93?,94?,95?,96?,97?,104+,105+,106+,107+,108-,109-,110-,111-/m1/s1. The molecule has 6 amide bonds. The van der Waals surface area contributed by atoms with Gasteiger partial charge in [-0.25, -0.2) is 16.7 Å². The van der Waals surface area contributed by atoms with Crippen LogP contribution < -0.4 is 31.9 Å². The average molecular weight is 2080 g/mol. The first-order chi connectivity index (χ1) is 67.3. The summed E-state index contributed by atoms with van der Waals surface area (Å²) in [7, 11) is -18.1. The number of hydrogen-bond donors (Lipinski definition) is 10. The van der Waals surface area contributed by atoms with Crippen LogP contribution in [-0.2, 0) is 87.1 Å². The largest absolute Gasteiger partial charge is 0.397 e. The SMILES string of the molecule is C[C@H](CCC(=O)NCCCC(NC(=O)CC[C@@H](C)[C@H]1CCC2C3CC[C@@H]4C[C@H](OS(=O)(=O)O)CC[C@]4(C)C3CC[C@@]21C)C(=O)NCCCCCNC(=O)C(CCCNC(=O)CC[C@@H](C)[C@H]1CCC2C3CC[C@@H]4C[C@H](OS(=O)(=O)O)CC[C@]4(C)C3CC[C@@]21C)NC(=O)CC[C@@H](C)[C@H]1CCC2C3CC[C@@H]4C[C@H](OS(=O)(=O)O)CC[C@]4(C)C3CC[C@@]21C)[C@H]1CCC2C3CC[C@@H]4C[C@H](OS(=O)(=O)O)CC[C@]4(C)C3CC[C@@]21C. The van der Waals surface area contributed by atoms with Gasteiger partial charge in [0.05, 0.1) is 24.4 Å². The van der Waals surface area contributed by atoms with Gasteiger partial charge < -0.3 is 31.9 Å². The molecule has 0 aromatic rings. The quantitative estimate of drug-likeness (QED) is 0.0200. The van der Waals surface area contributed by atoms with E-state index < -0.39 is 78.1 Å². The van der Waals surface area contributed by atoms with Gasteiger partial charge in [0.2, 0.25) is 35.4 Å². The molecule has 16 aliphatic carbocycles. The zero-order valence-electron chi connectivity index (χ0n) is 89.0. The van der Waals surface area contributed by atoms with Crippen LogP contribution in [0.1, 0.15) is 411 Å². The number of nitrogens with one attached hydrogen (secondary N) is 6. The lowest BCUT2D eigenvalue weighted by Crippen LogP contribution is -2.54. The van der Waals surface area contributed by atoms with E-state index in [0.717, 1.165) is 180 Å². The van der Waals surface area contributed by atoms with Crippen LogP contribution in [0.3, 0.4) is 0 Å². The molecule has 14 unspecified atom stereocenters. The second-order valence-corrected chi connectivity index (χ2v) is 57.3. The Balaban J connectivity index is 0.510. The van der Waals surface area contributed by atoms with E-state index in [2.05, 4.69) is 115 Å². The topological polar surface area (TPSA) is 429 Å². The Labute approximate surface area is 859 Å². The summed E-state index contributed by atoms with van der Waals surface area (Å²) in [5.74, 6) is 10.6. The van der Waals surface area contributed by atoms with Crippen molar-refractivity contribution in [2.75, 3.05) is 26.2 Å². The molecular weight excluding hydrogens is 1900 g/mol. The van der Waals surface area contributed by atoms with Gasteiger partial charge in [0, 0.05) is 51.9 Å². The number of hydrogen-bond acceptors (Lipinski definition) is 18. The minimum atomic E-state index is -4.53. The highest BCUT2D eigenvalue weighted by atomic mass is 32.3. The normalized spacial score (nSPS) is 42.1. The molecule has 0 aliphatic heterocycles. The molecule has 0 heterocycles. The lowest BCUT2D eigenvalue weighted by atomic mass is 9.44. The van der Waals surface area contributed by atoms with Crippen LogP contribution >= 0.6 is 0 Å². The molecule has 32 heteroatoms. The van der Waals surface area contributed by atoms with Crippen LogP contribution in [-0.4, -0.2) is 150 Å². The highest BCUT2D eigenvalue weighted by molar-refractivity contribution is 7.81. The van der Waals surface area contributed by atoms with Crippen molar-refractivity contribution in [3.05, 3.63) is 0 Å². The van der Waals surface area contributed by atoms with Crippen molar-refractivity contribution in [3.8, 4) is 0 Å². The van der Waals surface area contributed by atoms with E-state index in [4.69, 9.17) is 16.7 Å². The monoisotopic (exact) mass is 2080 g/mol. The summed E-state index contributed by atoms with van der Waals surface area (Å²) < 4.78 is 153. The highest BCUT2D eigenvalue weighted by Crippen LogP contribution is 2.75. The molecule has 16 rings (SSSR count). The first kappa shape index (κ1) is 112. The Morgan fingerprint density at radius 3 is 0.734 bits per heavy atom. The molecule has 816 valence electrons. The zero-order chi connectivity index (χ0) is 103. The maximum Gasteiger partial charge on any atom is 0.397 e. The predicted molar refractivity (Wildman–Crippen MR) is 548 cm³/mol. The molecule has 0 saturated heterocycles. The van der Waals surface area contributed by atoms with E-state index in [1.54, 1.807) is 0 Å². The van der Waals surface area contributed by atoms with E-state index >= 15 is 0 Å². The van der Waals surface area contributed by atoms with E-state index in [-0.39, 0.29) is 103 Å². The van der Waals surface area contributed by atoms with Gasteiger partial charge in [0.25, 0.3) is 0 Å². The Morgan fingerprint density at radius 2 is 0.490 bits per heavy atom. The zero-order valence-corrected chi connectivity index (χ0v) is 92.2. The highest BCUT2D eigenvalue weighted by Gasteiger charge is 2.67. The fraction of sp³-hybridized carbons (Fsp3) is 0.946. The molecule has 16 aliphatic rings. The van der Waals surface area contributed by atoms with Crippen molar-refractivity contribution in [2.24, 2.45) is 185 Å². The molecule has 0 aromatic carbocycles. The van der Waals surface area contributed by atoms with Crippen LogP contribution in [0.2, 0.25) is 0 Å². The average Bonchev–Trinajstić information content (AvgIpc) is 1.64. The fourth-order valence-corrected chi connectivity index (χ4v) is 41.5. The number of carbonyl (C=O) groups excluding carboxylic acids is 6. The van der Waals surface area contributed by atoms with Crippen molar-refractivity contribution in [1.29, 1.82) is 0 Å². The summed E-state index contributed by atoms with van der Waals surface area (Å²) in [6.45, 7) is 30.5. The first-order valence-electron chi connectivity index (χ1n) is 57.7. The van der Waals surface area contributed by atoms with Crippen LogP contribution in [0, 0.1) is 185 Å². The summed E-state index contributed by atoms with van der Waals surface area (Å²) >= 11 is 0. The molecule has 10 N–H and O–H groups in total. The van der Waals surface area contributed by atoms with E-state index in [1.807, 2.05) is 0 Å². The molecule has 0 spiro atoms. The van der Waals surface area contributed by atoms with Crippen molar-refractivity contribution in [1.82, 2.24) is 31.9 Å². The summed E-state index contributed by atoms with van der Waals surface area (Å²) in [6, 6.07) is -1.67. The van der Waals surface area contributed by atoms with Gasteiger partial charge in [-0.3, -0.25) is 47.0 Å². The van der Waals surface area contributed by atoms with Crippen LogP contribution in [0.4, 0.5) is 0 Å². The van der Waals surface area contributed by atoms with Gasteiger partial charge in [-0.15, -0.1) is 0 Å². The summed E-state index contributed by atoms with van der Waals surface area (Å²) in [5, 5.41) is 19.0. The van der Waals surface area contributed by atoms with Gasteiger partial charge >= 0.3 is 41.6 Å². The second kappa shape index (κ2) is 44.8. The Kier molecular flexibility index (Phi) is 35.0. The molecule has 0 bridgehead atoms. The third-order valence-electron chi connectivity index (χ3n) is 46.6. The predicted octanol–water partition coefficient (Wildman–Crippen LogP) is 20.2. The lowest BCUT2D eigenvalue weighted by molar-refractivity contribution is -0.130. The molecule has 28 nitrogen and oxygen atoms in total. The number of rotatable bonds is 42. The van der Waals surface area contributed by atoms with Gasteiger partial charge in [-0.1, -0.05) is 83.1 Å². The molecular formula is C111H186N6O22S4. The maximum absolute atomic E-state index is 14.6. The number of fused-ring (bicyclic) bond motifs is 20. The van der Waals surface area contributed by atoms with E-state index in [9.17, 15) is 80.6 Å². The van der Waals surface area contributed by atoms with Gasteiger partial charge in [0.15, 0.2) is 0 Å². The van der Waals surface area contributed by atoms with Crippen LogP contribution in [0.5, 0.6) is 0 Å². The smallest absolute Gasteiger partial charge is 0.356 e. The fourth-order valence-electron chi connectivity index (χ4n) is 39.5. The molecule has 143 heavy (non-hydrogen) atoms. The van der Waals surface area contributed by atoms with E-state index in [1.165, 1.54) is 12.8 Å². The number of carbonyl (C=O) groups is 6. The summed E-state index contributed by atoms with van der Waals surface area (Å²) in [5.41, 5.74) is 1.03. The van der Waals surface area contributed by atoms with Crippen molar-refractivity contribution < 1.29 is 97.4 Å². The second-order valence-electron chi connectivity index (χ2n) is 53.2. The number of unbranched alkanes of at least 4 members (excludes halogenated alkanes) is 2. The molecule has 0 aromatic heterocycles. The van der Waals surface area contributed by atoms with Crippen LogP contribution in [0.15, 0.2) is 0 Å². The maximum atomic E-state index is 14.6. The van der Waals surface area contributed by atoms with Crippen LogP contribution in [0.25, 0.3) is 0 Å². The minimum Gasteiger partial charge on any atom is -0.356 e. The Bertz CT molecular complexity index is 4640. The first-order valence-corrected chi connectivity index (χ1v) is 63.1. The van der Waals surface area contributed by atoms with Crippen molar-refractivity contribution in [2.45, 2.75) is 447 Å². The van der Waals surface area contributed by atoms with E-state index in [0.29, 0.717) is 278 Å². The molecule has 16 saturated carbocycles. The van der Waals surface area contributed by atoms with Crippen molar-refractivity contribution in [3.63, 3.8) is 0 Å². The third kappa shape index (κ3) is 24.4. The Hall–Kier alpha value is -3.70. The van der Waals surface area contributed by atoms with Gasteiger partial charge in [-0.2, -0.15) is 33.7 Å². The summed E-state index contributed by atoms with van der Waals surface area (Å²) in [6.07, 6.45) is 41.4. The molecule has 16 fully saturated rings. The minimum absolute atomic E-state index is 0.0167. The van der Waals surface area contributed by atoms with Gasteiger partial charge in [0.1, 0.15) is 12.1 Å². The Morgan fingerprint density at radius 1 is 0.266 bits per heavy atom. The number of amides is 6. The third-order valence-corrected chi connectivity index (χ3v) is 48.6. The van der Waals surface area contributed by atoms with Gasteiger partial charge in [-0.05, 0) is 487 Å². The van der Waals surface area contributed by atoms with Crippen molar-refractivity contribution >= 4 is 77.0 Å². The summed E-state index contributed by atoms with van der Waals surface area (Å²) in [4.78, 5) is 85.7.